The molecule has 0 unspecified atom stereocenters. The third-order valence-corrected chi connectivity index (χ3v) is 4.81. The summed E-state index contributed by atoms with van der Waals surface area (Å²) in [6, 6.07) is -2.52. The molecule has 10 nitrogen and oxygen atoms in total. The summed E-state index contributed by atoms with van der Waals surface area (Å²) in [5.74, 6) is -2.14. The van der Waals surface area contributed by atoms with E-state index in [2.05, 4.69) is 9.44 Å². The van der Waals surface area contributed by atoms with Crippen molar-refractivity contribution in [3.05, 3.63) is 0 Å². The van der Waals surface area contributed by atoms with E-state index in [4.69, 9.17) is 9.47 Å². The van der Waals surface area contributed by atoms with Gasteiger partial charge in [0.15, 0.2) is 0 Å². The number of carbonyl (C=O) groups excluding carboxylic acids is 4. The Morgan fingerprint density at radius 3 is 1.65 bits per heavy atom. The van der Waals surface area contributed by atoms with Gasteiger partial charge in [-0.15, -0.1) is 0 Å². The zero-order chi connectivity index (χ0) is 24.6. The minimum Gasteiger partial charge on any atom is -0.460 e. The lowest BCUT2D eigenvalue weighted by Crippen LogP contribution is -2.52. The maximum Gasteiger partial charge on any atom is 0.324 e. The summed E-state index contributed by atoms with van der Waals surface area (Å²) in [5, 5.41) is 0. The van der Waals surface area contributed by atoms with Crippen LogP contribution in [0.3, 0.4) is 0 Å². The highest BCUT2D eigenvalue weighted by atomic mass is 32.2. The fraction of sp³-hybridized carbons (Fsp3) is 0.800. The molecule has 0 heterocycles. The number of ketones is 2. The molecule has 0 spiro atoms. The molecule has 2 N–H and O–H groups in total. The predicted octanol–water partition coefficient (Wildman–Crippen LogP) is 1.57. The standard InChI is InChI=1S/C20H36N2O8S/c1-13(23)9-10-15(14(2)24)21-31(27,28)22-16(18(26)30-20(6,7)8)11-12-17(25)29-19(3,4)5/h15-16,21-22H,9-12H2,1-8H3/t15-,16-/m0/s1. The van der Waals surface area contributed by atoms with Gasteiger partial charge in [0, 0.05) is 12.8 Å². The van der Waals surface area contributed by atoms with E-state index in [1.54, 1.807) is 41.5 Å². The molecule has 0 fully saturated rings. The van der Waals surface area contributed by atoms with Crippen molar-refractivity contribution >= 4 is 33.7 Å². The van der Waals surface area contributed by atoms with Crippen LogP contribution >= 0.6 is 0 Å². The Bertz CT molecular complexity index is 763. The molecule has 180 valence electrons. The number of nitrogens with one attached hydrogen (secondary N) is 2. The average Bonchev–Trinajstić information content (AvgIpc) is 2.51. The second-order valence-corrected chi connectivity index (χ2v) is 10.8. The van der Waals surface area contributed by atoms with Crippen LogP contribution in [0.15, 0.2) is 0 Å². The van der Waals surface area contributed by atoms with Crippen LogP contribution in [0.25, 0.3) is 0 Å². The van der Waals surface area contributed by atoms with Crippen molar-refractivity contribution in [3.63, 3.8) is 0 Å². The van der Waals surface area contributed by atoms with Gasteiger partial charge in [0.1, 0.15) is 28.8 Å². The average molecular weight is 465 g/mol. The molecule has 0 amide bonds. The lowest BCUT2D eigenvalue weighted by molar-refractivity contribution is -0.158. The Balaban J connectivity index is 5.41. The number of rotatable bonds is 12. The second kappa shape index (κ2) is 11.7. The molecule has 0 aliphatic carbocycles. The SMILES string of the molecule is CC(=O)CC[C@H](NS(=O)(=O)N[C@@H](CCC(=O)OC(C)(C)C)C(=O)OC(C)(C)C)C(C)=O. The molecule has 0 aromatic heterocycles. The van der Waals surface area contributed by atoms with Crippen molar-refractivity contribution in [1.82, 2.24) is 9.44 Å². The molecule has 0 rings (SSSR count). The maximum absolute atomic E-state index is 12.6. The van der Waals surface area contributed by atoms with Crippen molar-refractivity contribution in [2.75, 3.05) is 0 Å². The van der Waals surface area contributed by atoms with E-state index < -0.39 is 51.2 Å². The highest BCUT2D eigenvalue weighted by Crippen LogP contribution is 2.14. The van der Waals surface area contributed by atoms with Gasteiger partial charge in [-0.05, 0) is 68.2 Å². The van der Waals surface area contributed by atoms with Crippen LogP contribution in [-0.2, 0) is 38.9 Å². The summed E-state index contributed by atoms with van der Waals surface area (Å²) in [6.07, 6.45) is -0.436. The second-order valence-electron chi connectivity index (χ2n) is 9.35. The molecule has 0 aromatic carbocycles. The third-order valence-electron chi connectivity index (χ3n) is 3.62. The van der Waals surface area contributed by atoms with Crippen LogP contribution in [0.4, 0.5) is 0 Å². The van der Waals surface area contributed by atoms with Crippen molar-refractivity contribution in [1.29, 1.82) is 0 Å². The maximum atomic E-state index is 12.6. The van der Waals surface area contributed by atoms with E-state index in [-0.39, 0.29) is 31.5 Å². The molecular formula is C20H36N2O8S. The Morgan fingerprint density at radius 2 is 1.23 bits per heavy atom. The van der Waals surface area contributed by atoms with Gasteiger partial charge in [-0.3, -0.25) is 14.4 Å². The number of hydrogen-bond donors (Lipinski definition) is 2. The first-order chi connectivity index (χ1) is 13.8. The zero-order valence-electron chi connectivity index (χ0n) is 19.7. The highest BCUT2D eigenvalue weighted by Gasteiger charge is 2.32. The first-order valence-corrected chi connectivity index (χ1v) is 11.5. The molecule has 11 heteroatoms. The van der Waals surface area contributed by atoms with Crippen molar-refractivity contribution < 1.29 is 37.1 Å². The summed E-state index contributed by atoms with van der Waals surface area (Å²) in [5.41, 5.74) is -1.62. The zero-order valence-corrected chi connectivity index (χ0v) is 20.5. The van der Waals surface area contributed by atoms with E-state index in [0.717, 1.165) is 0 Å². The van der Waals surface area contributed by atoms with Crippen LogP contribution < -0.4 is 9.44 Å². The monoisotopic (exact) mass is 464 g/mol. The number of Topliss-reactive ketones (excluding diaryl/α,β-unsaturated/α-hetero) is 2. The van der Waals surface area contributed by atoms with Crippen LogP contribution in [0.5, 0.6) is 0 Å². The normalized spacial score (nSPS) is 14.5. The number of ether oxygens (including phenoxy) is 2. The molecule has 0 aromatic rings. The molecule has 0 saturated carbocycles. The minimum absolute atomic E-state index is 0.0133. The quantitative estimate of drug-likeness (QED) is 0.414. The van der Waals surface area contributed by atoms with E-state index in [9.17, 15) is 27.6 Å². The van der Waals surface area contributed by atoms with Crippen molar-refractivity contribution in [2.24, 2.45) is 0 Å². The van der Waals surface area contributed by atoms with Crippen LogP contribution in [0.2, 0.25) is 0 Å². The third kappa shape index (κ3) is 14.7. The van der Waals surface area contributed by atoms with Gasteiger partial charge in [0.2, 0.25) is 0 Å². The smallest absolute Gasteiger partial charge is 0.324 e. The van der Waals surface area contributed by atoms with E-state index in [1.165, 1.54) is 13.8 Å². The Labute approximate surface area is 185 Å². The van der Waals surface area contributed by atoms with E-state index in [1.807, 2.05) is 0 Å². The largest absolute Gasteiger partial charge is 0.460 e. The first kappa shape index (κ1) is 29.1. The van der Waals surface area contributed by atoms with Gasteiger partial charge in [-0.2, -0.15) is 17.9 Å². The summed E-state index contributed by atoms with van der Waals surface area (Å²) in [7, 11) is -4.34. The number of carbonyl (C=O) groups is 4. The molecule has 0 aliphatic rings. The van der Waals surface area contributed by atoms with Gasteiger partial charge in [-0.25, -0.2) is 0 Å². The Kier molecular flexibility index (Phi) is 11.0. The summed E-state index contributed by atoms with van der Waals surface area (Å²) >= 11 is 0. The van der Waals surface area contributed by atoms with Crippen LogP contribution in [0.1, 0.15) is 81.1 Å². The fourth-order valence-corrected chi connectivity index (χ4v) is 3.67. The van der Waals surface area contributed by atoms with Gasteiger partial charge < -0.3 is 14.3 Å². The lowest BCUT2D eigenvalue weighted by Gasteiger charge is -2.25. The topological polar surface area (TPSA) is 145 Å². The number of esters is 2. The summed E-state index contributed by atoms with van der Waals surface area (Å²) in [4.78, 5) is 47.5. The van der Waals surface area contributed by atoms with Gasteiger partial charge in [0.25, 0.3) is 10.2 Å². The van der Waals surface area contributed by atoms with Gasteiger partial charge in [-0.1, -0.05) is 0 Å². The fourth-order valence-electron chi connectivity index (χ4n) is 2.35. The lowest BCUT2D eigenvalue weighted by atomic mass is 10.1. The van der Waals surface area contributed by atoms with Crippen molar-refractivity contribution in [3.8, 4) is 0 Å². The molecule has 0 saturated heterocycles. The van der Waals surface area contributed by atoms with Gasteiger partial charge >= 0.3 is 11.9 Å². The molecule has 0 bridgehead atoms. The molecule has 31 heavy (non-hydrogen) atoms. The van der Waals surface area contributed by atoms with Gasteiger partial charge in [0.05, 0.1) is 6.04 Å². The van der Waals surface area contributed by atoms with Crippen LogP contribution in [-0.4, -0.2) is 55.2 Å². The molecule has 0 radical (unpaired) electrons. The molecular weight excluding hydrogens is 428 g/mol. The molecule has 2 atom stereocenters. The Hall–Kier alpha value is -1.85. The first-order valence-electron chi connectivity index (χ1n) is 10.1. The predicted molar refractivity (Wildman–Crippen MR) is 114 cm³/mol. The number of hydrogen-bond acceptors (Lipinski definition) is 8. The highest BCUT2D eigenvalue weighted by molar-refractivity contribution is 7.87. The molecule has 0 aliphatic heterocycles. The van der Waals surface area contributed by atoms with E-state index in [0.29, 0.717) is 0 Å². The van der Waals surface area contributed by atoms with E-state index >= 15 is 0 Å². The minimum atomic E-state index is -4.34. The summed E-state index contributed by atoms with van der Waals surface area (Å²) < 4.78 is 39.9. The Morgan fingerprint density at radius 1 is 0.774 bits per heavy atom. The summed E-state index contributed by atoms with van der Waals surface area (Å²) in [6.45, 7) is 12.5. The van der Waals surface area contributed by atoms with Crippen molar-refractivity contribution in [2.45, 2.75) is 104 Å². The van der Waals surface area contributed by atoms with Crippen LogP contribution in [0, 0.1) is 0 Å².